The van der Waals surface area contributed by atoms with E-state index < -0.39 is 0 Å². The molecule has 2 rings (SSSR count). The summed E-state index contributed by atoms with van der Waals surface area (Å²) >= 11 is 3.27. The predicted octanol–water partition coefficient (Wildman–Crippen LogP) is 2.25. The SMILES string of the molecule is NNc1snnc1CSCC1CCCC1. The molecule has 1 heterocycles. The molecule has 0 atom stereocenters. The van der Waals surface area contributed by atoms with Crippen LogP contribution in [-0.2, 0) is 5.75 Å². The van der Waals surface area contributed by atoms with Gasteiger partial charge in [-0.25, -0.2) is 5.84 Å². The highest BCUT2D eigenvalue weighted by Gasteiger charge is 2.15. The third-order valence-corrected chi connectivity index (χ3v) is 4.64. The molecule has 0 aliphatic heterocycles. The van der Waals surface area contributed by atoms with Gasteiger partial charge in [-0.1, -0.05) is 17.3 Å². The first-order valence-electron chi connectivity index (χ1n) is 5.25. The van der Waals surface area contributed by atoms with Gasteiger partial charge in [0.2, 0.25) is 0 Å². The predicted molar refractivity (Wildman–Crippen MR) is 65.8 cm³/mol. The molecule has 1 fully saturated rings. The van der Waals surface area contributed by atoms with Crippen LogP contribution in [0.5, 0.6) is 0 Å². The van der Waals surface area contributed by atoms with Crippen LogP contribution in [0.2, 0.25) is 0 Å². The second-order valence-corrected chi connectivity index (χ2v) is 5.64. The van der Waals surface area contributed by atoms with Crippen molar-refractivity contribution >= 4 is 28.3 Å². The molecule has 15 heavy (non-hydrogen) atoms. The number of nitrogen functional groups attached to an aromatic ring is 1. The lowest BCUT2D eigenvalue weighted by Crippen LogP contribution is -2.07. The van der Waals surface area contributed by atoms with Crippen LogP contribution in [0.3, 0.4) is 0 Å². The first kappa shape index (κ1) is 11.2. The number of hydrazine groups is 1. The Morgan fingerprint density at radius 3 is 3.00 bits per heavy atom. The van der Waals surface area contributed by atoms with Gasteiger partial charge in [0.15, 0.2) is 0 Å². The Balaban J connectivity index is 1.73. The lowest BCUT2D eigenvalue weighted by atomic mass is 10.1. The Labute approximate surface area is 98.2 Å². The molecule has 0 radical (unpaired) electrons. The highest BCUT2D eigenvalue weighted by atomic mass is 32.2. The van der Waals surface area contributed by atoms with Gasteiger partial charge < -0.3 is 5.43 Å². The van der Waals surface area contributed by atoms with E-state index in [9.17, 15) is 0 Å². The normalized spacial score (nSPS) is 17.1. The van der Waals surface area contributed by atoms with Gasteiger partial charge in [0.1, 0.15) is 10.7 Å². The molecule has 0 unspecified atom stereocenters. The van der Waals surface area contributed by atoms with Crippen molar-refractivity contribution in [2.45, 2.75) is 31.4 Å². The van der Waals surface area contributed by atoms with E-state index >= 15 is 0 Å². The van der Waals surface area contributed by atoms with Crippen molar-refractivity contribution in [3.05, 3.63) is 5.69 Å². The van der Waals surface area contributed by atoms with Crippen LogP contribution in [0.4, 0.5) is 5.00 Å². The number of anilines is 1. The van der Waals surface area contributed by atoms with Gasteiger partial charge in [-0.05, 0) is 24.5 Å². The van der Waals surface area contributed by atoms with Gasteiger partial charge in [-0.15, -0.1) is 5.10 Å². The molecule has 3 N–H and O–H groups in total. The molecule has 1 aliphatic carbocycles. The monoisotopic (exact) mass is 244 g/mol. The number of aromatic nitrogens is 2. The summed E-state index contributed by atoms with van der Waals surface area (Å²) in [6, 6.07) is 0. The fourth-order valence-corrected chi connectivity index (χ4v) is 3.68. The standard InChI is InChI=1S/C9H16N4S2/c10-11-9-8(12-13-15-9)6-14-5-7-3-1-2-4-7/h7,11H,1-6,10H2. The van der Waals surface area contributed by atoms with Gasteiger partial charge in [-0.2, -0.15) is 11.8 Å². The van der Waals surface area contributed by atoms with Gasteiger partial charge in [0.25, 0.3) is 0 Å². The summed E-state index contributed by atoms with van der Waals surface area (Å²) in [7, 11) is 0. The number of hydrogen-bond acceptors (Lipinski definition) is 6. The van der Waals surface area contributed by atoms with E-state index in [0.717, 1.165) is 22.4 Å². The van der Waals surface area contributed by atoms with Crippen molar-refractivity contribution in [1.29, 1.82) is 0 Å². The molecule has 6 heteroatoms. The third-order valence-electron chi connectivity index (χ3n) is 2.75. The molecule has 0 bridgehead atoms. The van der Waals surface area contributed by atoms with E-state index in [1.807, 2.05) is 11.8 Å². The van der Waals surface area contributed by atoms with Crippen LogP contribution < -0.4 is 11.3 Å². The Bertz CT molecular complexity index is 296. The first-order chi connectivity index (χ1) is 7.40. The Morgan fingerprint density at radius 2 is 2.27 bits per heavy atom. The van der Waals surface area contributed by atoms with Gasteiger partial charge in [-0.3, -0.25) is 0 Å². The summed E-state index contributed by atoms with van der Waals surface area (Å²) in [4.78, 5) is 0. The van der Waals surface area contributed by atoms with Crippen LogP contribution >= 0.6 is 23.3 Å². The summed E-state index contributed by atoms with van der Waals surface area (Å²) < 4.78 is 3.88. The van der Waals surface area contributed by atoms with E-state index in [1.54, 1.807) is 0 Å². The van der Waals surface area contributed by atoms with Crippen molar-refractivity contribution in [2.24, 2.45) is 11.8 Å². The van der Waals surface area contributed by atoms with Crippen LogP contribution in [0.25, 0.3) is 0 Å². The largest absolute Gasteiger partial charge is 0.313 e. The number of nitrogens with zero attached hydrogens (tertiary/aromatic N) is 2. The summed E-state index contributed by atoms with van der Waals surface area (Å²) in [6.45, 7) is 0. The minimum Gasteiger partial charge on any atom is -0.313 e. The first-order valence-corrected chi connectivity index (χ1v) is 7.18. The lowest BCUT2D eigenvalue weighted by molar-refractivity contribution is 0.623. The fourth-order valence-electron chi connectivity index (χ4n) is 1.91. The van der Waals surface area contributed by atoms with Crippen molar-refractivity contribution in [2.75, 3.05) is 11.2 Å². The molecule has 1 aromatic heterocycles. The summed E-state index contributed by atoms with van der Waals surface area (Å²) in [5, 5.41) is 4.95. The molecule has 1 aromatic rings. The number of hydrogen-bond donors (Lipinski definition) is 2. The second kappa shape index (κ2) is 5.67. The third kappa shape index (κ3) is 3.06. The van der Waals surface area contributed by atoms with Crippen molar-refractivity contribution in [3.8, 4) is 0 Å². The Hall–Kier alpha value is -0.330. The van der Waals surface area contributed by atoms with E-state index in [-0.39, 0.29) is 0 Å². The lowest BCUT2D eigenvalue weighted by Gasteiger charge is -2.07. The minimum absolute atomic E-state index is 0.897. The molecule has 1 aliphatic rings. The Morgan fingerprint density at radius 1 is 1.47 bits per heavy atom. The smallest absolute Gasteiger partial charge is 0.148 e. The number of thioether (sulfide) groups is 1. The number of nitrogens with one attached hydrogen (secondary N) is 1. The molecule has 84 valence electrons. The molecule has 0 spiro atoms. The molecule has 0 amide bonds. The Kier molecular flexibility index (Phi) is 4.22. The topological polar surface area (TPSA) is 63.8 Å². The second-order valence-electron chi connectivity index (χ2n) is 3.86. The van der Waals surface area contributed by atoms with Gasteiger partial charge >= 0.3 is 0 Å². The summed E-state index contributed by atoms with van der Waals surface area (Å²) in [5.41, 5.74) is 3.63. The van der Waals surface area contributed by atoms with Crippen LogP contribution in [-0.4, -0.2) is 15.3 Å². The van der Waals surface area contributed by atoms with E-state index in [0.29, 0.717) is 0 Å². The molecular formula is C9H16N4S2. The summed E-state index contributed by atoms with van der Waals surface area (Å²) in [6.07, 6.45) is 5.65. The molecule has 0 aromatic carbocycles. The highest BCUT2D eigenvalue weighted by molar-refractivity contribution is 7.98. The molecule has 4 nitrogen and oxygen atoms in total. The molecule has 1 saturated carbocycles. The zero-order valence-electron chi connectivity index (χ0n) is 8.61. The summed E-state index contributed by atoms with van der Waals surface area (Å²) in [5.74, 6) is 8.46. The number of nitrogens with two attached hydrogens (primary N) is 1. The zero-order valence-corrected chi connectivity index (χ0v) is 10.2. The number of rotatable bonds is 5. The van der Waals surface area contributed by atoms with E-state index in [4.69, 9.17) is 5.84 Å². The van der Waals surface area contributed by atoms with E-state index in [2.05, 4.69) is 15.0 Å². The molecule has 0 saturated heterocycles. The van der Waals surface area contributed by atoms with Crippen LogP contribution in [0, 0.1) is 5.92 Å². The zero-order chi connectivity index (χ0) is 10.5. The van der Waals surface area contributed by atoms with E-state index in [1.165, 1.54) is 43.0 Å². The quantitative estimate of drug-likeness (QED) is 0.614. The average Bonchev–Trinajstić information content (AvgIpc) is 2.88. The van der Waals surface area contributed by atoms with Crippen LogP contribution in [0.15, 0.2) is 0 Å². The van der Waals surface area contributed by atoms with Gasteiger partial charge in [0, 0.05) is 17.3 Å². The molecular weight excluding hydrogens is 228 g/mol. The maximum absolute atomic E-state index is 5.36. The van der Waals surface area contributed by atoms with Gasteiger partial charge in [0.05, 0.1) is 0 Å². The fraction of sp³-hybridized carbons (Fsp3) is 0.778. The van der Waals surface area contributed by atoms with Crippen LogP contribution in [0.1, 0.15) is 31.4 Å². The van der Waals surface area contributed by atoms with Crippen molar-refractivity contribution in [3.63, 3.8) is 0 Å². The minimum atomic E-state index is 0.897. The maximum atomic E-state index is 5.36. The maximum Gasteiger partial charge on any atom is 0.148 e. The highest BCUT2D eigenvalue weighted by Crippen LogP contribution is 2.30. The van der Waals surface area contributed by atoms with Crippen molar-refractivity contribution in [1.82, 2.24) is 9.59 Å². The van der Waals surface area contributed by atoms with Crippen molar-refractivity contribution < 1.29 is 0 Å². The average molecular weight is 244 g/mol.